The van der Waals surface area contributed by atoms with Crippen LogP contribution in [-0.2, 0) is 10.8 Å². The van der Waals surface area contributed by atoms with Gasteiger partial charge in [0.2, 0.25) is 0 Å². The predicted octanol–water partition coefficient (Wildman–Crippen LogP) is 8.48. The van der Waals surface area contributed by atoms with Crippen molar-refractivity contribution in [3.63, 3.8) is 0 Å². The molecule has 0 aliphatic heterocycles. The highest BCUT2D eigenvalue weighted by Crippen LogP contribution is 2.57. The van der Waals surface area contributed by atoms with Crippen molar-refractivity contribution in [1.82, 2.24) is 0 Å². The number of rotatable bonds is 8. The first-order chi connectivity index (χ1) is 28.3. The van der Waals surface area contributed by atoms with Crippen LogP contribution in [0.4, 0.5) is 0 Å². The molecule has 0 amide bonds. The quantitative estimate of drug-likeness (QED) is 0.136. The molecule has 0 radical (unpaired) electrons. The zero-order chi connectivity index (χ0) is 39.6. The fourth-order valence-electron chi connectivity index (χ4n) is 10.0. The van der Waals surface area contributed by atoms with Crippen LogP contribution in [0.1, 0.15) is 55.6 Å². The van der Waals surface area contributed by atoms with Gasteiger partial charge in [0.05, 0.1) is 10.8 Å². The van der Waals surface area contributed by atoms with Gasteiger partial charge in [-0.2, -0.15) is 0 Å². The lowest BCUT2D eigenvalue weighted by atomic mass is 9.66. The van der Waals surface area contributed by atoms with E-state index in [4.69, 9.17) is 4.65 Å². The number of hydrogen-bond donors (Lipinski definition) is 3. The third-order valence-electron chi connectivity index (χ3n) is 12.4. The molecule has 58 heavy (non-hydrogen) atoms. The SMILES string of the molecule is Cc1ccc(C2(c3ccc(C)cc3)c3ccccc3-c3c(B(O)Oc4cccc(C5(c6ccccc6)c6ccccc6-c6c(B(O)O)cccc65)c4)cccc32)cc1. The molecule has 0 spiro atoms. The Morgan fingerprint density at radius 3 is 1.40 bits per heavy atom. The molecule has 0 saturated heterocycles. The van der Waals surface area contributed by atoms with Crippen molar-refractivity contribution in [2.45, 2.75) is 24.7 Å². The van der Waals surface area contributed by atoms with Gasteiger partial charge in [0.15, 0.2) is 0 Å². The lowest BCUT2D eigenvalue weighted by Gasteiger charge is -2.34. The molecule has 278 valence electrons. The normalized spacial score (nSPS) is 15.5. The van der Waals surface area contributed by atoms with Crippen LogP contribution in [0.15, 0.2) is 188 Å². The molecule has 4 nitrogen and oxygen atoms in total. The second-order valence-electron chi connectivity index (χ2n) is 15.6. The Bertz CT molecular complexity index is 2790. The van der Waals surface area contributed by atoms with Gasteiger partial charge in [-0.15, -0.1) is 0 Å². The molecule has 0 heterocycles. The standard InChI is InChI=1S/C52H40B2O4/c1-34-25-29-37(30-26-34)51(38-31-27-35(2)28-32-38)43-19-8-7-18-42(43)50-46(51)22-12-24-48(50)54(57)58-40-16-10-15-39(33-40)52(36-13-4-3-5-14-36)44-20-9-6-17-41(44)49-45(52)21-11-23-47(49)53(55)56/h3-33,55-57H,1-2H3. The zero-order valence-electron chi connectivity index (χ0n) is 32.3. The van der Waals surface area contributed by atoms with Crippen LogP contribution in [-0.4, -0.2) is 29.3 Å². The average Bonchev–Trinajstić information content (AvgIpc) is 3.74. The van der Waals surface area contributed by atoms with Crippen LogP contribution in [0, 0.1) is 13.8 Å². The van der Waals surface area contributed by atoms with Crippen molar-refractivity contribution in [2.24, 2.45) is 0 Å². The summed E-state index contributed by atoms with van der Waals surface area (Å²) in [5.41, 5.74) is 14.4. The lowest BCUT2D eigenvalue weighted by Crippen LogP contribution is -2.39. The second kappa shape index (κ2) is 13.9. The number of aryl methyl sites for hydroxylation is 2. The fourth-order valence-corrected chi connectivity index (χ4v) is 10.0. The van der Waals surface area contributed by atoms with E-state index in [9.17, 15) is 15.1 Å². The number of fused-ring (bicyclic) bond motifs is 6. The van der Waals surface area contributed by atoms with Gasteiger partial charge in [0.25, 0.3) is 0 Å². The van der Waals surface area contributed by atoms with Crippen molar-refractivity contribution < 1.29 is 19.7 Å². The summed E-state index contributed by atoms with van der Waals surface area (Å²) in [4.78, 5) is 0. The first kappa shape index (κ1) is 35.9. The molecular weight excluding hydrogens is 710 g/mol. The Labute approximate surface area is 340 Å². The van der Waals surface area contributed by atoms with E-state index in [2.05, 4.69) is 129 Å². The highest BCUT2D eigenvalue weighted by Gasteiger charge is 2.49. The third kappa shape index (κ3) is 5.23. The van der Waals surface area contributed by atoms with E-state index in [1.54, 1.807) is 6.07 Å². The molecule has 8 aromatic rings. The molecule has 10 rings (SSSR count). The largest absolute Gasteiger partial charge is 0.560 e. The summed E-state index contributed by atoms with van der Waals surface area (Å²) in [7, 11) is -2.94. The minimum Gasteiger partial charge on any atom is -0.532 e. The lowest BCUT2D eigenvalue weighted by molar-refractivity contribution is 0.425. The van der Waals surface area contributed by atoms with E-state index in [1.165, 1.54) is 11.1 Å². The molecule has 6 heteroatoms. The summed E-state index contributed by atoms with van der Waals surface area (Å²) < 4.78 is 6.65. The Morgan fingerprint density at radius 1 is 0.397 bits per heavy atom. The Balaban J connectivity index is 1.13. The topological polar surface area (TPSA) is 69.9 Å². The van der Waals surface area contributed by atoms with E-state index in [1.807, 2.05) is 66.7 Å². The summed E-state index contributed by atoms with van der Waals surface area (Å²) in [6, 6.07) is 64.6. The van der Waals surface area contributed by atoms with Crippen LogP contribution in [0.2, 0.25) is 0 Å². The number of benzene rings is 8. The molecule has 0 fully saturated rings. The highest BCUT2D eigenvalue weighted by molar-refractivity contribution is 6.63. The molecule has 0 saturated carbocycles. The highest BCUT2D eigenvalue weighted by atomic mass is 16.5. The maximum atomic E-state index is 12.3. The molecule has 1 atom stereocenters. The summed E-state index contributed by atoms with van der Waals surface area (Å²) >= 11 is 0. The smallest absolute Gasteiger partial charge is 0.532 e. The van der Waals surface area contributed by atoms with Gasteiger partial charge < -0.3 is 19.7 Å². The average molecular weight is 751 g/mol. The predicted molar refractivity (Wildman–Crippen MR) is 235 cm³/mol. The van der Waals surface area contributed by atoms with Gasteiger partial charge >= 0.3 is 14.2 Å². The maximum absolute atomic E-state index is 12.3. The van der Waals surface area contributed by atoms with Crippen molar-refractivity contribution in [3.8, 4) is 28.0 Å². The summed E-state index contributed by atoms with van der Waals surface area (Å²) in [5, 5.41) is 33.5. The molecule has 0 aromatic heterocycles. The van der Waals surface area contributed by atoms with Gasteiger partial charge in [0.1, 0.15) is 5.75 Å². The minimum absolute atomic E-state index is 0.455. The summed E-state index contributed by atoms with van der Waals surface area (Å²) in [5.74, 6) is 0.511. The second-order valence-corrected chi connectivity index (χ2v) is 15.6. The van der Waals surface area contributed by atoms with Gasteiger partial charge in [-0.1, -0.05) is 187 Å². The van der Waals surface area contributed by atoms with Crippen LogP contribution >= 0.6 is 0 Å². The summed E-state index contributed by atoms with van der Waals surface area (Å²) in [6.45, 7) is 4.23. The van der Waals surface area contributed by atoms with E-state index >= 15 is 0 Å². The Morgan fingerprint density at radius 2 is 0.828 bits per heavy atom. The molecule has 0 bridgehead atoms. The molecule has 2 aliphatic carbocycles. The zero-order valence-corrected chi connectivity index (χ0v) is 32.3. The van der Waals surface area contributed by atoms with Gasteiger partial charge in [-0.05, 0) is 98.2 Å². The van der Waals surface area contributed by atoms with E-state index < -0.39 is 25.1 Å². The first-order valence-corrected chi connectivity index (χ1v) is 19.8. The van der Waals surface area contributed by atoms with Gasteiger partial charge in [-0.3, -0.25) is 0 Å². The van der Waals surface area contributed by atoms with E-state index in [-0.39, 0.29) is 0 Å². The number of hydrogen-bond acceptors (Lipinski definition) is 4. The molecule has 2 aliphatic rings. The van der Waals surface area contributed by atoms with Gasteiger partial charge in [0, 0.05) is 5.46 Å². The Hall–Kier alpha value is -6.43. The van der Waals surface area contributed by atoms with Crippen molar-refractivity contribution >= 4 is 25.2 Å². The molecule has 3 N–H and O–H groups in total. The minimum atomic E-state index is -1.65. The monoisotopic (exact) mass is 750 g/mol. The van der Waals surface area contributed by atoms with Crippen LogP contribution in [0.25, 0.3) is 22.3 Å². The first-order valence-electron chi connectivity index (χ1n) is 19.8. The van der Waals surface area contributed by atoms with Crippen molar-refractivity contribution in [1.29, 1.82) is 0 Å². The van der Waals surface area contributed by atoms with Crippen molar-refractivity contribution in [3.05, 3.63) is 244 Å². The van der Waals surface area contributed by atoms with Crippen LogP contribution in [0.3, 0.4) is 0 Å². The third-order valence-corrected chi connectivity index (χ3v) is 12.4. The van der Waals surface area contributed by atoms with E-state index in [0.717, 1.165) is 66.8 Å². The fraction of sp³-hybridized carbons (Fsp3) is 0.0769. The van der Waals surface area contributed by atoms with Crippen LogP contribution < -0.4 is 15.6 Å². The molecular formula is C52H40B2O4. The molecule has 8 aromatic carbocycles. The summed E-state index contributed by atoms with van der Waals surface area (Å²) in [6.07, 6.45) is 0. The van der Waals surface area contributed by atoms with Crippen molar-refractivity contribution in [2.75, 3.05) is 0 Å². The van der Waals surface area contributed by atoms with E-state index in [0.29, 0.717) is 16.7 Å². The van der Waals surface area contributed by atoms with Gasteiger partial charge in [-0.25, -0.2) is 0 Å². The maximum Gasteiger partial charge on any atom is 0.560 e. The molecule has 1 unspecified atom stereocenters. The Kier molecular flexibility index (Phi) is 8.61. The van der Waals surface area contributed by atoms with Crippen LogP contribution in [0.5, 0.6) is 5.75 Å².